The van der Waals surface area contributed by atoms with Crippen LogP contribution in [-0.4, -0.2) is 56.7 Å². The molecule has 1 aliphatic rings. The molecule has 0 bridgehead atoms. The first-order valence-electron chi connectivity index (χ1n) is 10.5. The molecule has 0 unspecified atom stereocenters. The second-order valence-corrected chi connectivity index (χ2v) is 7.42. The van der Waals surface area contributed by atoms with E-state index in [1.54, 1.807) is 14.2 Å². The van der Waals surface area contributed by atoms with E-state index in [2.05, 4.69) is 33.1 Å². The van der Waals surface area contributed by atoms with Gasteiger partial charge in [-0.15, -0.1) is 24.0 Å². The molecule has 170 valence electrons. The molecule has 0 amide bonds. The standard InChI is InChI=1S/C23H33N5O2.HI/c1-5-24-23(27(2)17-19-8-9-20(29-3)15-21(19)30-4)26-16-18-10-11-25-22(14-18)28-12-6-7-13-28;/h8-11,14-15H,5-7,12-13,16-17H2,1-4H3,(H,24,26);1H. The molecule has 2 aromatic rings. The van der Waals surface area contributed by atoms with Gasteiger partial charge in [-0.1, -0.05) is 0 Å². The first-order valence-corrected chi connectivity index (χ1v) is 10.5. The lowest BCUT2D eigenvalue weighted by Crippen LogP contribution is -2.38. The number of aliphatic imine (C=N–C) groups is 1. The van der Waals surface area contributed by atoms with Crippen LogP contribution >= 0.6 is 24.0 Å². The third-order valence-electron chi connectivity index (χ3n) is 5.25. The van der Waals surface area contributed by atoms with E-state index >= 15 is 0 Å². The zero-order chi connectivity index (χ0) is 21.3. The van der Waals surface area contributed by atoms with E-state index in [0.717, 1.165) is 54.0 Å². The highest BCUT2D eigenvalue weighted by molar-refractivity contribution is 14.0. The largest absolute Gasteiger partial charge is 0.497 e. The zero-order valence-corrected chi connectivity index (χ0v) is 21.3. The normalized spacial score (nSPS) is 13.5. The van der Waals surface area contributed by atoms with Crippen LogP contribution in [0, 0.1) is 0 Å². The number of pyridine rings is 1. The van der Waals surface area contributed by atoms with Gasteiger partial charge in [0, 0.05) is 51.1 Å². The Labute approximate surface area is 202 Å². The molecule has 7 nitrogen and oxygen atoms in total. The van der Waals surface area contributed by atoms with Gasteiger partial charge in [-0.05, 0) is 49.6 Å². The van der Waals surface area contributed by atoms with Crippen LogP contribution in [0.5, 0.6) is 11.5 Å². The molecule has 2 heterocycles. The summed E-state index contributed by atoms with van der Waals surface area (Å²) in [5.74, 6) is 3.50. The van der Waals surface area contributed by atoms with Crippen LogP contribution in [0.25, 0.3) is 0 Å². The highest BCUT2D eigenvalue weighted by atomic mass is 127. The van der Waals surface area contributed by atoms with E-state index in [0.29, 0.717) is 13.1 Å². The van der Waals surface area contributed by atoms with Gasteiger partial charge in [0.1, 0.15) is 17.3 Å². The van der Waals surface area contributed by atoms with Gasteiger partial charge in [0.15, 0.2) is 5.96 Å². The number of anilines is 1. The van der Waals surface area contributed by atoms with Crippen molar-refractivity contribution in [1.82, 2.24) is 15.2 Å². The van der Waals surface area contributed by atoms with Gasteiger partial charge in [0.25, 0.3) is 0 Å². The molecule has 0 aliphatic carbocycles. The highest BCUT2D eigenvalue weighted by Gasteiger charge is 2.14. The maximum Gasteiger partial charge on any atom is 0.194 e. The minimum absolute atomic E-state index is 0. The topological polar surface area (TPSA) is 62.2 Å². The third-order valence-corrected chi connectivity index (χ3v) is 5.25. The zero-order valence-electron chi connectivity index (χ0n) is 18.9. The van der Waals surface area contributed by atoms with Gasteiger partial charge in [0.05, 0.1) is 20.8 Å². The molecule has 1 saturated heterocycles. The van der Waals surface area contributed by atoms with Gasteiger partial charge < -0.3 is 24.6 Å². The lowest BCUT2D eigenvalue weighted by molar-refractivity contribution is 0.382. The molecular formula is C23H34IN5O2. The summed E-state index contributed by atoms with van der Waals surface area (Å²) in [6, 6.07) is 10.1. The molecule has 1 aliphatic heterocycles. The minimum Gasteiger partial charge on any atom is -0.497 e. The number of benzene rings is 1. The van der Waals surface area contributed by atoms with Crippen molar-refractivity contribution in [2.24, 2.45) is 4.99 Å². The SMILES string of the molecule is CCNC(=NCc1ccnc(N2CCCC2)c1)N(C)Cc1ccc(OC)cc1OC.I. The fourth-order valence-electron chi connectivity index (χ4n) is 3.63. The quantitative estimate of drug-likeness (QED) is 0.312. The first-order chi connectivity index (χ1) is 14.6. The van der Waals surface area contributed by atoms with Crippen molar-refractivity contribution in [3.05, 3.63) is 47.7 Å². The van der Waals surface area contributed by atoms with Gasteiger partial charge in [-0.25, -0.2) is 9.98 Å². The number of halogens is 1. The number of rotatable bonds is 8. The van der Waals surface area contributed by atoms with Crippen molar-refractivity contribution in [3.8, 4) is 11.5 Å². The molecule has 31 heavy (non-hydrogen) atoms. The van der Waals surface area contributed by atoms with E-state index in [4.69, 9.17) is 14.5 Å². The Bertz CT molecular complexity index is 856. The number of hydrogen-bond acceptors (Lipinski definition) is 5. The number of hydrogen-bond donors (Lipinski definition) is 1. The minimum atomic E-state index is 0. The van der Waals surface area contributed by atoms with Crippen LogP contribution in [0.4, 0.5) is 5.82 Å². The molecule has 8 heteroatoms. The third kappa shape index (κ3) is 6.88. The average Bonchev–Trinajstić information content (AvgIpc) is 3.32. The Balaban J connectivity index is 0.00000341. The Morgan fingerprint density at radius 2 is 1.94 bits per heavy atom. The lowest BCUT2D eigenvalue weighted by atomic mass is 10.2. The summed E-state index contributed by atoms with van der Waals surface area (Å²) in [6.45, 7) is 6.35. The maximum atomic E-state index is 5.54. The van der Waals surface area contributed by atoms with E-state index in [9.17, 15) is 0 Å². The molecular weight excluding hydrogens is 505 g/mol. The van der Waals surface area contributed by atoms with Crippen molar-refractivity contribution < 1.29 is 9.47 Å². The van der Waals surface area contributed by atoms with Crippen molar-refractivity contribution in [2.75, 3.05) is 45.8 Å². The number of aromatic nitrogens is 1. The summed E-state index contributed by atoms with van der Waals surface area (Å²) in [4.78, 5) is 13.8. The van der Waals surface area contributed by atoms with Crippen molar-refractivity contribution >= 4 is 35.8 Å². The van der Waals surface area contributed by atoms with Gasteiger partial charge in [-0.2, -0.15) is 0 Å². The first kappa shape index (κ1) is 25.0. The van der Waals surface area contributed by atoms with E-state index in [1.165, 1.54) is 12.8 Å². The maximum absolute atomic E-state index is 5.54. The summed E-state index contributed by atoms with van der Waals surface area (Å²) < 4.78 is 10.8. The monoisotopic (exact) mass is 539 g/mol. The van der Waals surface area contributed by atoms with E-state index in [1.807, 2.05) is 37.5 Å². The fraction of sp³-hybridized carbons (Fsp3) is 0.478. The molecule has 3 rings (SSSR count). The van der Waals surface area contributed by atoms with Gasteiger partial charge in [0.2, 0.25) is 0 Å². The van der Waals surface area contributed by atoms with E-state index < -0.39 is 0 Å². The lowest BCUT2D eigenvalue weighted by Gasteiger charge is -2.23. The Morgan fingerprint density at radius 1 is 1.16 bits per heavy atom. The smallest absolute Gasteiger partial charge is 0.194 e. The van der Waals surface area contributed by atoms with E-state index in [-0.39, 0.29) is 24.0 Å². The molecule has 1 aromatic carbocycles. The number of nitrogens with one attached hydrogen (secondary N) is 1. The molecule has 0 atom stereocenters. The van der Waals surface area contributed by atoms with Gasteiger partial charge in [-0.3, -0.25) is 0 Å². The number of nitrogens with zero attached hydrogens (tertiary/aromatic N) is 4. The molecule has 1 fully saturated rings. The molecule has 0 saturated carbocycles. The predicted molar refractivity (Wildman–Crippen MR) is 137 cm³/mol. The molecule has 1 aromatic heterocycles. The average molecular weight is 539 g/mol. The van der Waals surface area contributed by atoms with Crippen LogP contribution in [0.3, 0.4) is 0 Å². The summed E-state index contributed by atoms with van der Waals surface area (Å²) in [5, 5.41) is 3.39. The van der Waals surface area contributed by atoms with Crippen molar-refractivity contribution in [1.29, 1.82) is 0 Å². The summed E-state index contributed by atoms with van der Waals surface area (Å²) >= 11 is 0. The van der Waals surface area contributed by atoms with Crippen molar-refractivity contribution in [3.63, 3.8) is 0 Å². The summed E-state index contributed by atoms with van der Waals surface area (Å²) in [5.41, 5.74) is 2.24. The number of methoxy groups -OCH3 is 2. The van der Waals surface area contributed by atoms with Crippen LogP contribution in [0.1, 0.15) is 30.9 Å². The Hall–Kier alpha value is -2.23. The second kappa shape index (κ2) is 12.6. The number of ether oxygens (including phenoxy) is 2. The van der Waals surface area contributed by atoms with Crippen LogP contribution < -0.4 is 19.7 Å². The van der Waals surface area contributed by atoms with Crippen molar-refractivity contribution in [2.45, 2.75) is 32.9 Å². The Kier molecular flexibility index (Phi) is 10.2. The Morgan fingerprint density at radius 3 is 2.61 bits per heavy atom. The summed E-state index contributed by atoms with van der Waals surface area (Å²) in [7, 11) is 5.37. The number of guanidine groups is 1. The molecule has 1 N–H and O–H groups in total. The second-order valence-electron chi connectivity index (χ2n) is 7.42. The predicted octanol–water partition coefficient (Wildman–Crippen LogP) is 3.91. The van der Waals surface area contributed by atoms with Gasteiger partial charge >= 0.3 is 0 Å². The summed E-state index contributed by atoms with van der Waals surface area (Å²) in [6.07, 6.45) is 4.37. The highest BCUT2D eigenvalue weighted by Crippen LogP contribution is 2.25. The molecule has 0 spiro atoms. The van der Waals surface area contributed by atoms with Crippen LogP contribution in [0.15, 0.2) is 41.5 Å². The molecule has 0 radical (unpaired) electrons. The fourth-order valence-corrected chi connectivity index (χ4v) is 3.63. The van der Waals surface area contributed by atoms with Crippen LogP contribution in [-0.2, 0) is 13.1 Å². The van der Waals surface area contributed by atoms with Crippen LogP contribution in [0.2, 0.25) is 0 Å².